The summed E-state index contributed by atoms with van der Waals surface area (Å²) < 4.78 is 1.74. The van der Waals surface area contributed by atoms with E-state index >= 15 is 0 Å². The van der Waals surface area contributed by atoms with E-state index in [4.69, 9.17) is 11.6 Å². The van der Waals surface area contributed by atoms with E-state index < -0.39 is 0 Å². The van der Waals surface area contributed by atoms with Gasteiger partial charge in [-0.1, -0.05) is 17.7 Å². The summed E-state index contributed by atoms with van der Waals surface area (Å²) in [6.07, 6.45) is 3.61. The minimum atomic E-state index is -0.159. The zero-order chi connectivity index (χ0) is 17.1. The molecular weight excluding hydrogens is 344 g/mol. The molecule has 6 heteroatoms. The van der Waals surface area contributed by atoms with E-state index in [2.05, 4.69) is 5.32 Å². The van der Waals surface area contributed by atoms with Gasteiger partial charge in [-0.2, -0.15) is 0 Å². The first kappa shape index (κ1) is 16.6. The lowest BCUT2D eigenvalue weighted by Gasteiger charge is -2.11. The second-order valence-electron chi connectivity index (χ2n) is 5.25. The molecule has 1 amide bonds. The average Bonchev–Trinajstić information content (AvgIpc) is 2.57. The first-order chi connectivity index (χ1) is 11.6. The van der Waals surface area contributed by atoms with Crippen molar-refractivity contribution in [2.45, 2.75) is 11.4 Å². The number of thioether (sulfide) groups is 1. The summed E-state index contributed by atoms with van der Waals surface area (Å²) in [7, 11) is 0. The molecular formula is C18H15ClN2O2S. The Morgan fingerprint density at radius 3 is 2.83 bits per heavy atom. The maximum Gasteiger partial charge on any atom is 0.244 e. The van der Waals surface area contributed by atoms with Crippen LogP contribution in [0.4, 0.5) is 5.69 Å². The van der Waals surface area contributed by atoms with Gasteiger partial charge in [-0.3, -0.25) is 9.59 Å². The molecule has 1 N–H and O–H groups in total. The molecule has 3 rings (SSSR count). The van der Waals surface area contributed by atoms with Crippen molar-refractivity contribution in [3.8, 4) is 0 Å². The van der Waals surface area contributed by atoms with Crippen LogP contribution in [0.3, 0.4) is 0 Å². The Labute approximate surface area is 148 Å². The van der Waals surface area contributed by atoms with Crippen LogP contribution >= 0.6 is 23.4 Å². The Hall–Kier alpha value is -2.24. The van der Waals surface area contributed by atoms with Crippen molar-refractivity contribution in [1.29, 1.82) is 0 Å². The molecule has 1 aromatic heterocycles. The summed E-state index contributed by atoms with van der Waals surface area (Å²) in [5.74, 6) is -0.159. The molecule has 0 bridgehead atoms. The lowest BCUT2D eigenvalue weighted by molar-refractivity contribution is -0.116. The fourth-order valence-electron chi connectivity index (χ4n) is 2.48. The van der Waals surface area contributed by atoms with Crippen LogP contribution in [0.5, 0.6) is 0 Å². The molecule has 0 saturated carbocycles. The topological polar surface area (TPSA) is 51.1 Å². The summed E-state index contributed by atoms with van der Waals surface area (Å²) in [6.45, 7) is 0.113. The maximum atomic E-state index is 12.3. The Morgan fingerprint density at radius 1 is 1.21 bits per heavy atom. The van der Waals surface area contributed by atoms with E-state index in [9.17, 15) is 9.59 Å². The van der Waals surface area contributed by atoms with E-state index in [1.807, 2.05) is 30.5 Å². The van der Waals surface area contributed by atoms with Crippen LogP contribution in [0.15, 0.2) is 64.4 Å². The molecule has 0 radical (unpaired) electrons. The molecule has 3 aromatic rings. The van der Waals surface area contributed by atoms with Crippen LogP contribution in [0.1, 0.15) is 0 Å². The number of nitrogens with one attached hydrogen (secondary N) is 1. The molecule has 24 heavy (non-hydrogen) atoms. The van der Waals surface area contributed by atoms with E-state index in [0.717, 1.165) is 10.6 Å². The Bertz CT molecular complexity index is 969. The number of hydrogen-bond donors (Lipinski definition) is 1. The van der Waals surface area contributed by atoms with Crippen molar-refractivity contribution in [1.82, 2.24) is 4.57 Å². The Kier molecular flexibility index (Phi) is 4.92. The number of carbonyl (C=O) groups excluding carboxylic acids is 1. The molecule has 0 aliphatic heterocycles. The van der Waals surface area contributed by atoms with Gasteiger partial charge in [0, 0.05) is 33.3 Å². The van der Waals surface area contributed by atoms with Gasteiger partial charge in [0.05, 0.1) is 5.52 Å². The van der Waals surface area contributed by atoms with Crippen molar-refractivity contribution in [2.24, 2.45) is 0 Å². The highest BCUT2D eigenvalue weighted by Gasteiger charge is 2.08. The monoisotopic (exact) mass is 358 g/mol. The van der Waals surface area contributed by atoms with Gasteiger partial charge in [0.25, 0.3) is 0 Å². The maximum absolute atomic E-state index is 12.3. The van der Waals surface area contributed by atoms with Crippen molar-refractivity contribution < 1.29 is 4.79 Å². The molecule has 0 atom stereocenters. The van der Waals surface area contributed by atoms with Gasteiger partial charge >= 0.3 is 0 Å². The van der Waals surface area contributed by atoms with Crippen LogP contribution in [0, 0.1) is 0 Å². The average molecular weight is 359 g/mol. The van der Waals surface area contributed by atoms with Crippen LogP contribution in [-0.2, 0) is 11.3 Å². The number of amides is 1. The van der Waals surface area contributed by atoms with Crippen molar-refractivity contribution in [2.75, 3.05) is 11.6 Å². The van der Waals surface area contributed by atoms with E-state index in [1.165, 1.54) is 6.07 Å². The molecule has 0 aliphatic rings. The molecule has 122 valence electrons. The van der Waals surface area contributed by atoms with E-state index in [1.54, 1.807) is 40.7 Å². The first-order valence-corrected chi connectivity index (χ1v) is 8.90. The van der Waals surface area contributed by atoms with Gasteiger partial charge in [0.15, 0.2) is 5.43 Å². The number of anilines is 1. The predicted octanol–water partition coefficient (Wildman–Crippen LogP) is 4.02. The number of fused-ring (bicyclic) bond motifs is 1. The molecule has 0 unspecified atom stereocenters. The zero-order valence-corrected chi connectivity index (χ0v) is 14.5. The highest BCUT2D eigenvalue weighted by atomic mass is 35.5. The summed E-state index contributed by atoms with van der Waals surface area (Å²) >= 11 is 7.57. The smallest absolute Gasteiger partial charge is 0.244 e. The number of aromatic nitrogens is 1. The highest BCUT2D eigenvalue weighted by molar-refractivity contribution is 7.98. The van der Waals surface area contributed by atoms with E-state index in [-0.39, 0.29) is 17.9 Å². The second kappa shape index (κ2) is 7.11. The third-order valence-corrected chi connectivity index (χ3v) is 4.57. The minimum Gasteiger partial charge on any atom is -0.338 e. The zero-order valence-electron chi connectivity index (χ0n) is 13.0. The highest BCUT2D eigenvalue weighted by Crippen LogP contribution is 2.19. The van der Waals surface area contributed by atoms with Gasteiger partial charge in [-0.05, 0) is 42.7 Å². The molecule has 4 nitrogen and oxygen atoms in total. The summed E-state index contributed by atoms with van der Waals surface area (Å²) in [6, 6.07) is 14.2. The number of pyridine rings is 1. The summed E-state index contributed by atoms with van der Waals surface area (Å²) in [5.41, 5.74) is 1.32. The first-order valence-electron chi connectivity index (χ1n) is 7.29. The second-order valence-corrected chi connectivity index (χ2v) is 6.57. The van der Waals surface area contributed by atoms with Crippen molar-refractivity contribution in [3.63, 3.8) is 0 Å². The molecule has 0 aliphatic carbocycles. The number of halogens is 1. The third kappa shape index (κ3) is 3.63. The van der Waals surface area contributed by atoms with Gasteiger partial charge in [0.2, 0.25) is 5.91 Å². The van der Waals surface area contributed by atoms with Crippen LogP contribution in [0.2, 0.25) is 5.02 Å². The van der Waals surface area contributed by atoms with Crippen molar-refractivity contribution in [3.05, 3.63) is 70.0 Å². The number of hydrogen-bond acceptors (Lipinski definition) is 3. The van der Waals surface area contributed by atoms with Crippen LogP contribution in [0.25, 0.3) is 10.9 Å². The fraction of sp³-hybridized carbons (Fsp3) is 0.111. The predicted molar refractivity (Wildman–Crippen MR) is 100 cm³/mol. The van der Waals surface area contributed by atoms with E-state index in [0.29, 0.717) is 15.9 Å². The van der Waals surface area contributed by atoms with Crippen molar-refractivity contribution >= 4 is 45.9 Å². The van der Waals surface area contributed by atoms with Gasteiger partial charge in [-0.25, -0.2) is 0 Å². The minimum absolute atomic E-state index is 0.113. The molecule has 0 spiro atoms. The summed E-state index contributed by atoms with van der Waals surface area (Å²) in [5, 5.41) is 3.88. The van der Waals surface area contributed by atoms with Crippen LogP contribution < -0.4 is 10.7 Å². The quantitative estimate of drug-likeness (QED) is 0.717. The normalized spacial score (nSPS) is 10.8. The number of benzene rings is 2. The number of carbonyl (C=O) groups is 1. The Balaban J connectivity index is 1.85. The number of nitrogens with zero attached hydrogens (tertiary/aromatic N) is 1. The van der Waals surface area contributed by atoms with Crippen LogP contribution in [-0.4, -0.2) is 16.7 Å². The largest absolute Gasteiger partial charge is 0.338 e. The molecule has 1 heterocycles. The lowest BCUT2D eigenvalue weighted by Crippen LogP contribution is -2.20. The van der Waals surface area contributed by atoms with Gasteiger partial charge < -0.3 is 9.88 Å². The molecule has 2 aromatic carbocycles. The SMILES string of the molecule is CSc1cccc(NC(=O)Cn2ccc(=O)c3cc(Cl)ccc32)c1. The summed E-state index contributed by atoms with van der Waals surface area (Å²) in [4.78, 5) is 25.4. The van der Waals surface area contributed by atoms with Gasteiger partial charge in [-0.15, -0.1) is 11.8 Å². The molecule has 0 saturated heterocycles. The third-order valence-electron chi connectivity index (χ3n) is 3.61. The molecule has 0 fully saturated rings. The van der Waals surface area contributed by atoms with Gasteiger partial charge in [0.1, 0.15) is 6.54 Å². The number of rotatable bonds is 4. The Morgan fingerprint density at radius 2 is 2.04 bits per heavy atom. The fourth-order valence-corrected chi connectivity index (χ4v) is 3.11. The standard InChI is InChI=1S/C18H15ClN2O2S/c1-24-14-4-2-3-13(10-14)20-18(23)11-21-8-7-17(22)15-9-12(19)5-6-16(15)21/h2-10H,11H2,1H3,(H,20,23). The lowest BCUT2D eigenvalue weighted by atomic mass is 10.2.